The summed E-state index contributed by atoms with van der Waals surface area (Å²) in [5.74, 6) is 0. The van der Waals surface area contributed by atoms with Crippen molar-refractivity contribution in [3.63, 3.8) is 0 Å². The summed E-state index contributed by atoms with van der Waals surface area (Å²) in [4.78, 5) is 0. The Kier molecular flexibility index (Phi) is 4.48. The summed E-state index contributed by atoms with van der Waals surface area (Å²) < 4.78 is 0. The van der Waals surface area contributed by atoms with E-state index in [1.165, 1.54) is 0 Å². The molecular weight excluding hydrogens is 257 g/mol. The highest BCUT2D eigenvalue weighted by Gasteiger charge is 2.38. The van der Waals surface area contributed by atoms with E-state index in [4.69, 9.17) is 28.9 Å². The number of benzene rings is 1. The van der Waals surface area contributed by atoms with Crippen molar-refractivity contribution in [2.45, 2.75) is 32.8 Å². The average molecular weight is 276 g/mol. The zero-order valence-electron chi connectivity index (χ0n) is 10.4. The van der Waals surface area contributed by atoms with Crippen molar-refractivity contribution in [2.75, 3.05) is 6.54 Å². The quantitative estimate of drug-likeness (QED) is 0.890. The third-order valence-electron chi connectivity index (χ3n) is 3.21. The summed E-state index contributed by atoms with van der Waals surface area (Å²) in [7, 11) is 0. The van der Waals surface area contributed by atoms with Crippen LogP contribution in [0.4, 0.5) is 0 Å². The van der Waals surface area contributed by atoms with Gasteiger partial charge in [-0.25, -0.2) is 0 Å². The van der Waals surface area contributed by atoms with Gasteiger partial charge in [-0.2, -0.15) is 0 Å². The van der Waals surface area contributed by atoms with E-state index < -0.39 is 5.60 Å². The predicted octanol–water partition coefficient (Wildman–Crippen LogP) is 3.27. The van der Waals surface area contributed by atoms with Gasteiger partial charge in [0.05, 0.1) is 15.6 Å². The number of nitrogens with two attached hydrogens (primary N) is 1. The first-order chi connectivity index (χ1) is 7.69. The summed E-state index contributed by atoms with van der Waals surface area (Å²) in [6, 6.07) is 5.37. The summed E-state index contributed by atoms with van der Waals surface area (Å²) in [6.45, 7) is 6.11. The lowest BCUT2D eigenvalue weighted by Gasteiger charge is -2.39. The zero-order valence-corrected chi connectivity index (χ0v) is 11.9. The van der Waals surface area contributed by atoms with Crippen LogP contribution in [-0.2, 0) is 6.42 Å². The van der Waals surface area contributed by atoms with Crippen molar-refractivity contribution < 1.29 is 5.11 Å². The van der Waals surface area contributed by atoms with Crippen molar-refractivity contribution in [3.8, 4) is 0 Å². The van der Waals surface area contributed by atoms with Gasteiger partial charge in [-0.05, 0) is 23.1 Å². The molecule has 4 heteroatoms. The molecule has 1 aromatic carbocycles. The fraction of sp³-hybridized carbons (Fsp3) is 0.538. The minimum absolute atomic E-state index is 0.205. The monoisotopic (exact) mass is 275 g/mol. The van der Waals surface area contributed by atoms with Crippen LogP contribution in [0.1, 0.15) is 26.3 Å². The van der Waals surface area contributed by atoms with Crippen LogP contribution in [0.25, 0.3) is 0 Å². The van der Waals surface area contributed by atoms with E-state index in [-0.39, 0.29) is 12.0 Å². The van der Waals surface area contributed by atoms with Crippen molar-refractivity contribution in [1.29, 1.82) is 0 Å². The van der Waals surface area contributed by atoms with Crippen LogP contribution in [-0.4, -0.2) is 17.3 Å². The highest BCUT2D eigenvalue weighted by molar-refractivity contribution is 6.42. The standard InChI is InChI=1S/C13H19Cl2NO/c1-12(2,3)13(17,8-16)7-9-4-5-10(14)11(15)6-9/h4-6,17H,7-8,16H2,1-3H3. The SMILES string of the molecule is CC(C)(C)C(O)(CN)Cc1ccc(Cl)c(Cl)c1. The van der Waals surface area contributed by atoms with Gasteiger partial charge in [0.25, 0.3) is 0 Å². The fourth-order valence-corrected chi connectivity index (χ4v) is 1.95. The Bertz CT molecular complexity index is 401. The van der Waals surface area contributed by atoms with Gasteiger partial charge in [0, 0.05) is 13.0 Å². The molecule has 0 saturated heterocycles. The molecule has 2 nitrogen and oxygen atoms in total. The molecule has 0 amide bonds. The van der Waals surface area contributed by atoms with Crippen molar-refractivity contribution in [3.05, 3.63) is 33.8 Å². The summed E-state index contributed by atoms with van der Waals surface area (Å²) in [5.41, 5.74) is 5.38. The number of aliphatic hydroxyl groups is 1. The molecule has 17 heavy (non-hydrogen) atoms. The van der Waals surface area contributed by atoms with E-state index in [1.54, 1.807) is 12.1 Å². The first-order valence-electron chi connectivity index (χ1n) is 5.56. The minimum Gasteiger partial charge on any atom is -0.388 e. The van der Waals surface area contributed by atoms with Crippen molar-refractivity contribution >= 4 is 23.2 Å². The summed E-state index contributed by atoms with van der Waals surface area (Å²) >= 11 is 11.8. The Labute approximate surface area is 113 Å². The second kappa shape index (κ2) is 5.15. The number of rotatable bonds is 3. The molecule has 0 radical (unpaired) electrons. The Morgan fingerprint density at radius 1 is 1.18 bits per heavy atom. The molecule has 0 saturated carbocycles. The molecule has 1 atom stereocenters. The smallest absolute Gasteiger partial charge is 0.0857 e. The lowest BCUT2D eigenvalue weighted by atomic mass is 9.73. The summed E-state index contributed by atoms with van der Waals surface area (Å²) in [6.07, 6.45) is 0.462. The Balaban J connectivity index is 2.99. The number of hydrogen-bond acceptors (Lipinski definition) is 2. The molecule has 0 aliphatic carbocycles. The maximum atomic E-state index is 10.6. The van der Waals surface area contributed by atoms with E-state index >= 15 is 0 Å². The molecule has 1 rings (SSSR count). The van der Waals surface area contributed by atoms with Gasteiger partial charge in [0.2, 0.25) is 0 Å². The van der Waals surface area contributed by atoms with Gasteiger partial charge in [-0.1, -0.05) is 50.0 Å². The van der Waals surface area contributed by atoms with Gasteiger partial charge in [0.1, 0.15) is 0 Å². The minimum atomic E-state index is -0.954. The van der Waals surface area contributed by atoms with Gasteiger partial charge in [0.15, 0.2) is 0 Å². The molecule has 0 bridgehead atoms. The lowest BCUT2D eigenvalue weighted by Crippen LogP contribution is -2.50. The molecule has 0 heterocycles. The molecule has 0 spiro atoms. The molecule has 3 N–H and O–H groups in total. The van der Waals surface area contributed by atoms with Crippen LogP contribution in [0, 0.1) is 5.41 Å². The van der Waals surface area contributed by atoms with Gasteiger partial charge in [-0.3, -0.25) is 0 Å². The van der Waals surface area contributed by atoms with E-state index in [0.29, 0.717) is 16.5 Å². The van der Waals surface area contributed by atoms with E-state index in [1.807, 2.05) is 26.8 Å². The molecule has 0 aromatic heterocycles. The Morgan fingerprint density at radius 2 is 1.76 bits per heavy atom. The van der Waals surface area contributed by atoms with Crippen molar-refractivity contribution in [2.24, 2.45) is 11.1 Å². The molecule has 1 unspecified atom stereocenters. The lowest BCUT2D eigenvalue weighted by molar-refractivity contribution is -0.0490. The van der Waals surface area contributed by atoms with E-state index in [2.05, 4.69) is 0 Å². The highest BCUT2D eigenvalue weighted by atomic mass is 35.5. The zero-order chi connectivity index (χ0) is 13.3. The van der Waals surface area contributed by atoms with Crippen LogP contribution in [0.5, 0.6) is 0 Å². The van der Waals surface area contributed by atoms with E-state index in [0.717, 1.165) is 5.56 Å². The van der Waals surface area contributed by atoms with Crippen LogP contribution >= 0.6 is 23.2 Å². The van der Waals surface area contributed by atoms with Crippen LogP contribution in [0.2, 0.25) is 10.0 Å². The van der Waals surface area contributed by atoms with Gasteiger partial charge >= 0.3 is 0 Å². The van der Waals surface area contributed by atoms with E-state index in [9.17, 15) is 5.11 Å². The largest absolute Gasteiger partial charge is 0.388 e. The third kappa shape index (κ3) is 3.35. The maximum absolute atomic E-state index is 10.6. The topological polar surface area (TPSA) is 46.2 Å². The average Bonchev–Trinajstić information content (AvgIpc) is 2.22. The first-order valence-corrected chi connectivity index (χ1v) is 6.31. The summed E-state index contributed by atoms with van der Waals surface area (Å²) in [5, 5.41) is 11.6. The second-order valence-electron chi connectivity index (χ2n) is 5.41. The first kappa shape index (κ1) is 14.8. The predicted molar refractivity (Wildman–Crippen MR) is 73.6 cm³/mol. The van der Waals surface area contributed by atoms with Gasteiger partial charge < -0.3 is 10.8 Å². The highest BCUT2D eigenvalue weighted by Crippen LogP contribution is 2.33. The maximum Gasteiger partial charge on any atom is 0.0857 e. The normalized spacial score (nSPS) is 15.7. The Hall–Kier alpha value is -0.280. The van der Waals surface area contributed by atoms with Gasteiger partial charge in [-0.15, -0.1) is 0 Å². The second-order valence-corrected chi connectivity index (χ2v) is 6.23. The van der Waals surface area contributed by atoms with Crippen molar-refractivity contribution in [1.82, 2.24) is 0 Å². The molecule has 0 aliphatic rings. The molecular formula is C13H19Cl2NO. The molecule has 96 valence electrons. The molecule has 0 fully saturated rings. The molecule has 0 aliphatic heterocycles. The Morgan fingerprint density at radius 3 is 2.18 bits per heavy atom. The van der Waals surface area contributed by atoms with Crippen LogP contribution < -0.4 is 5.73 Å². The van der Waals surface area contributed by atoms with Crippen LogP contribution in [0.15, 0.2) is 18.2 Å². The number of halogens is 2. The van der Waals surface area contributed by atoms with Crippen LogP contribution in [0.3, 0.4) is 0 Å². The fourth-order valence-electron chi connectivity index (χ4n) is 1.63. The number of hydrogen-bond donors (Lipinski definition) is 2. The molecule has 1 aromatic rings. The third-order valence-corrected chi connectivity index (χ3v) is 3.95.